The fourth-order valence-corrected chi connectivity index (χ4v) is 7.13. The van der Waals surface area contributed by atoms with Crippen molar-refractivity contribution in [1.29, 1.82) is 0 Å². The number of hydrogen-bond donors (Lipinski definition) is 1. The summed E-state index contributed by atoms with van der Waals surface area (Å²) in [5.41, 5.74) is -0.589. The molecule has 0 aromatic rings. The second-order valence-electron chi connectivity index (χ2n) is 9.25. The number of methoxy groups -OCH3 is 1. The van der Waals surface area contributed by atoms with Crippen LogP contribution in [0, 0.1) is 35.0 Å². The molecule has 4 aliphatic rings. The van der Waals surface area contributed by atoms with Crippen LogP contribution in [0.5, 0.6) is 0 Å². The molecule has 1 N–H and O–H groups in total. The van der Waals surface area contributed by atoms with Crippen LogP contribution in [-0.2, 0) is 9.53 Å². The molecule has 23 heavy (non-hydrogen) atoms. The van der Waals surface area contributed by atoms with E-state index >= 15 is 0 Å². The Labute approximate surface area is 140 Å². The Kier molecular flexibility index (Phi) is 3.88. The number of carbonyl (C=O) groups is 1. The van der Waals surface area contributed by atoms with Crippen LogP contribution in [-0.4, -0.2) is 30.2 Å². The predicted molar refractivity (Wildman–Crippen MR) is 88.9 cm³/mol. The van der Waals surface area contributed by atoms with E-state index in [0.29, 0.717) is 24.2 Å². The van der Waals surface area contributed by atoms with Gasteiger partial charge >= 0.3 is 0 Å². The second-order valence-corrected chi connectivity index (χ2v) is 9.25. The van der Waals surface area contributed by atoms with Crippen molar-refractivity contribution >= 4 is 5.78 Å². The number of Topliss-reactive ketones (excluding diaryl/α,β-unsaturated/α-hetero) is 1. The van der Waals surface area contributed by atoms with Gasteiger partial charge in [-0.1, -0.05) is 6.92 Å². The molecule has 3 nitrogen and oxygen atoms in total. The lowest BCUT2D eigenvalue weighted by Crippen LogP contribution is -2.52. The Bertz CT molecular complexity index is 489. The smallest absolute Gasteiger partial charge is 0.139 e. The number of carbonyl (C=O) groups excluding carboxylic acids is 1. The summed E-state index contributed by atoms with van der Waals surface area (Å²) in [6, 6.07) is 0. The molecule has 0 saturated heterocycles. The van der Waals surface area contributed by atoms with Gasteiger partial charge in [-0.25, -0.2) is 0 Å². The molecule has 130 valence electrons. The molecule has 0 amide bonds. The van der Waals surface area contributed by atoms with Crippen LogP contribution in [0.1, 0.15) is 64.7 Å². The van der Waals surface area contributed by atoms with Gasteiger partial charge < -0.3 is 9.84 Å². The Morgan fingerprint density at radius 1 is 1.09 bits per heavy atom. The molecular weight excluding hydrogens is 288 g/mol. The number of fused-ring (bicyclic) bond motifs is 5. The van der Waals surface area contributed by atoms with Crippen LogP contribution in [0.3, 0.4) is 0 Å². The first-order valence-electron chi connectivity index (χ1n) is 9.71. The van der Waals surface area contributed by atoms with Crippen molar-refractivity contribution in [2.75, 3.05) is 13.7 Å². The minimum absolute atomic E-state index is 0.000538. The summed E-state index contributed by atoms with van der Waals surface area (Å²) in [6.45, 7) is 2.74. The van der Waals surface area contributed by atoms with E-state index in [0.717, 1.165) is 56.3 Å². The lowest BCUT2D eigenvalue weighted by molar-refractivity contribution is -0.138. The minimum Gasteiger partial charge on any atom is -0.387 e. The molecule has 0 spiro atoms. The van der Waals surface area contributed by atoms with E-state index in [1.165, 1.54) is 19.3 Å². The molecule has 4 aliphatic carbocycles. The van der Waals surface area contributed by atoms with E-state index in [4.69, 9.17) is 4.74 Å². The molecule has 0 aromatic heterocycles. The number of ketones is 1. The first-order chi connectivity index (χ1) is 11.0. The molecule has 0 aliphatic heterocycles. The SMILES string of the molecule is COCC1(O)CC[C@H]2[C@H](CC[C@@H]3[C@@H]2CC[C@]2(C)C(=O)CC[C@@H]32)C1. The molecule has 3 heteroatoms. The highest BCUT2D eigenvalue weighted by atomic mass is 16.5. The van der Waals surface area contributed by atoms with Crippen molar-refractivity contribution in [3.8, 4) is 0 Å². The summed E-state index contributed by atoms with van der Waals surface area (Å²) in [6.07, 6.45) is 9.83. The molecule has 0 bridgehead atoms. The predicted octanol–water partition coefficient (Wildman–Crippen LogP) is 3.59. The molecule has 1 unspecified atom stereocenters. The topological polar surface area (TPSA) is 46.5 Å². The molecule has 0 aromatic carbocycles. The van der Waals surface area contributed by atoms with Crippen molar-refractivity contribution in [1.82, 2.24) is 0 Å². The molecule has 4 saturated carbocycles. The standard InChI is InChI=1S/C20H32O3/c1-19-9-7-15-14-8-10-20(22,12-23-2)11-13(14)3-4-16(15)17(19)5-6-18(19)21/h13-17,22H,3-12H2,1-2H3/t13-,14+,15-,16-,17+,19+,20?/m1/s1. The van der Waals surface area contributed by atoms with Crippen LogP contribution >= 0.6 is 0 Å². The average molecular weight is 320 g/mol. The first kappa shape index (κ1) is 16.1. The summed E-state index contributed by atoms with van der Waals surface area (Å²) < 4.78 is 5.27. The van der Waals surface area contributed by atoms with Crippen molar-refractivity contribution in [2.24, 2.45) is 35.0 Å². The number of rotatable bonds is 2. The molecule has 4 fully saturated rings. The Balaban J connectivity index is 1.51. The van der Waals surface area contributed by atoms with Crippen LogP contribution in [0.25, 0.3) is 0 Å². The summed E-state index contributed by atoms with van der Waals surface area (Å²) >= 11 is 0. The third kappa shape index (κ3) is 2.41. The zero-order chi connectivity index (χ0) is 16.2. The van der Waals surface area contributed by atoms with Gasteiger partial charge in [0.05, 0.1) is 12.2 Å². The average Bonchev–Trinajstić information content (AvgIpc) is 2.82. The van der Waals surface area contributed by atoms with E-state index in [1.807, 2.05) is 0 Å². The van der Waals surface area contributed by atoms with Gasteiger partial charge in [0, 0.05) is 18.9 Å². The highest BCUT2D eigenvalue weighted by Gasteiger charge is 2.57. The van der Waals surface area contributed by atoms with E-state index in [-0.39, 0.29) is 5.41 Å². The maximum absolute atomic E-state index is 12.4. The van der Waals surface area contributed by atoms with E-state index in [2.05, 4.69) is 6.92 Å². The van der Waals surface area contributed by atoms with Crippen molar-refractivity contribution in [3.05, 3.63) is 0 Å². The Morgan fingerprint density at radius 2 is 1.87 bits per heavy atom. The summed E-state index contributed by atoms with van der Waals surface area (Å²) in [5, 5.41) is 10.8. The van der Waals surface area contributed by atoms with E-state index in [1.54, 1.807) is 7.11 Å². The van der Waals surface area contributed by atoms with Gasteiger partial charge in [-0.15, -0.1) is 0 Å². The lowest BCUT2D eigenvalue weighted by atomic mass is 9.50. The summed E-state index contributed by atoms with van der Waals surface area (Å²) in [4.78, 5) is 12.4. The van der Waals surface area contributed by atoms with Gasteiger partial charge in [-0.2, -0.15) is 0 Å². The Hall–Kier alpha value is -0.410. The number of aliphatic hydroxyl groups is 1. The lowest BCUT2D eigenvalue weighted by Gasteiger charge is -2.55. The maximum Gasteiger partial charge on any atom is 0.139 e. The largest absolute Gasteiger partial charge is 0.387 e. The number of ether oxygens (including phenoxy) is 1. The van der Waals surface area contributed by atoms with Gasteiger partial charge in [0.25, 0.3) is 0 Å². The zero-order valence-corrected chi connectivity index (χ0v) is 14.7. The van der Waals surface area contributed by atoms with Crippen LogP contribution in [0.15, 0.2) is 0 Å². The van der Waals surface area contributed by atoms with Gasteiger partial charge in [-0.3, -0.25) is 4.79 Å². The normalized spacial score (nSPS) is 52.7. The molecule has 7 atom stereocenters. The minimum atomic E-state index is -0.588. The third-order valence-corrected chi connectivity index (χ3v) is 8.23. The monoisotopic (exact) mass is 320 g/mol. The summed E-state index contributed by atoms with van der Waals surface area (Å²) in [7, 11) is 1.69. The van der Waals surface area contributed by atoms with E-state index in [9.17, 15) is 9.90 Å². The van der Waals surface area contributed by atoms with Gasteiger partial charge in [-0.05, 0) is 81.0 Å². The van der Waals surface area contributed by atoms with Crippen molar-refractivity contribution in [3.63, 3.8) is 0 Å². The van der Waals surface area contributed by atoms with Crippen LogP contribution in [0.4, 0.5) is 0 Å². The molecule has 0 heterocycles. The van der Waals surface area contributed by atoms with E-state index < -0.39 is 5.60 Å². The van der Waals surface area contributed by atoms with Gasteiger partial charge in [0.1, 0.15) is 5.78 Å². The van der Waals surface area contributed by atoms with Gasteiger partial charge in [0.15, 0.2) is 0 Å². The number of hydrogen-bond acceptors (Lipinski definition) is 3. The second kappa shape index (κ2) is 5.56. The quantitative estimate of drug-likeness (QED) is 0.846. The maximum atomic E-state index is 12.4. The zero-order valence-electron chi connectivity index (χ0n) is 14.7. The highest BCUT2D eigenvalue weighted by Crippen LogP contribution is 2.61. The van der Waals surface area contributed by atoms with Crippen LogP contribution < -0.4 is 0 Å². The Morgan fingerprint density at radius 3 is 2.65 bits per heavy atom. The van der Waals surface area contributed by atoms with Crippen molar-refractivity contribution < 1.29 is 14.6 Å². The van der Waals surface area contributed by atoms with Crippen molar-refractivity contribution in [2.45, 2.75) is 70.3 Å². The molecular formula is C20H32O3. The fourth-order valence-electron chi connectivity index (χ4n) is 7.13. The fraction of sp³-hybridized carbons (Fsp3) is 0.950. The highest BCUT2D eigenvalue weighted by molar-refractivity contribution is 5.87. The molecule has 4 rings (SSSR count). The van der Waals surface area contributed by atoms with Gasteiger partial charge in [0.2, 0.25) is 0 Å². The van der Waals surface area contributed by atoms with Crippen LogP contribution in [0.2, 0.25) is 0 Å². The third-order valence-electron chi connectivity index (χ3n) is 8.23. The molecule has 0 radical (unpaired) electrons. The summed E-state index contributed by atoms with van der Waals surface area (Å²) in [5.74, 6) is 4.23. The first-order valence-corrected chi connectivity index (χ1v) is 9.71.